The van der Waals surface area contributed by atoms with Gasteiger partial charge in [0, 0.05) is 10.7 Å². The second kappa shape index (κ2) is 4.83. The van der Waals surface area contributed by atoms with E-state index >= 15 is 0 Å². The molecule has 0 radical (unpaired) electrons. The zero-order chi connectivity index (χ0) is 10.2. The van der Waals surface area contributed by atoms with Gasteiger partial charge in [0.25, 0.3) is 0 Å². The molecule has 0 atom stereocenters. The Morgan fingerprint density at radius 1 is 1.43 bits per heavy atom. The maximum Gasteiger partial charge on any atom is 1.00 e. The van der Waals surface area contributed by atoms with Crippen molar-refractivity contribution in [3.63, 3.8) is 0 Å². The van der Waals surface area contributed by atoms with Gasteiger partial charge in [-0.2, -0.15) is 0 Å². The Morgan fingerprint density at radius 2 is 1.93 bits per heavy atom. The van der Waals surface area contributed by atoms with Crippen LogP contribution in [-0.4, -0.2) is 13.0 Å². The minimum absolute atomic E-state index is 0. The fourth-order valence-corrected chi connectivity index (χ4v) is 1.74. The Hall–Kier alpha value is 0.220. The van der Waals surface area contributed by atoms with E-state index in [2.05, 4.69) is 0 Å². The van der Waals surface area contributed by atoms with E-state index in [1.165, 1.54) is 6.07 Å². The molecule has 0 spiro atoms. The van der Waals surface area contributed by atoms with E-state index in [9.17, 15) is 13.0 Å². The molecule has 0 unspecified atom stereocenters. The Kier molecular flexibility index (Phi) is 4.90. The van der Waals surface area contributed by atoms with Crippen molar-refractivity contribution in [3.8, 4) is 0 Å². The third kappa shape index (κ3) is 3.12. The molecule has 0 saturated carbocycles. The summed E-state index contributed by atoms with van der Waals surface area (Å²) in [6, 6.07) is 2.42. The zero-order valence-corrected chi connectivity index (χ0v) is 11.3. The van der Waals surface area contributed by atoms with Gasteiger partial charge in [-0.05, 0) is 24.6 Å². The number of hydrogen-bond donors (Lipinski definition) is 1. The maximum absolute atomic E-state index is 10.6. The monoisotopic (exact) mass is 243 g/mol. The third-order valence-electron chi connectivity index (χ3n) is 1.56. The molecule has 0 amide bonds. The second-order valence-corrected chi connectivity index (χ2v) is 4.35. The van der Waals surface area contributed by atoms with Crippen molar-refractivity contribution in [2.75, 3.05) is 5.73 Å². The average Bonchev–Trinajstić information content (AvgIpc) is 1.94. The molecule has 0 aliphatic carbocycles. The van der Waals surface area contributed by atoms with Crippen molar-refractivity contribution in [2.24, 2.45) is 0 Å². The molecule has 0 heterocycles. The summed E-state index contributed by atoms with van der Waals surface area (Å²) in [7, 11) is -4.53. The normalized spacial score (nSPS) is 10.8. The Morgan fingerprint density at radius 3 is 2.36 bits per heavy atom. The van der Waals surface area contributed by atoms with Crippen LogP contribution in [0.3, 0.4) is 0 Å². The molecular formula is C7H7ClNNaO3S. The number of hydrogen-bond acceptors (Lipinski definition) is 4. The van der Waals surface area contributed by atoms with Crippen molar-refractivity contribution in [1.29, 1.82) is 0 Å². The standard InChI is InChI=1S/C7H8ClNO3S.Na/c1-4-2-6(9)7(3-5(4)8)13(10,11)12;/h2-3H,9H2,1H3,(H,10,11,12);/q;+1/p-1. The molecule has 1 aromatic rings. The van der Waals surface area contributed by atoms with Crippen LogP contribution in [0.4, 0.5) is 5.69 Å². The summed E-state index contributed by atoms with van der Waals surface area (Å²) < 4.78 is 31.9. The van der Waals surface area contributed by atoms with Crippen LogP contribution in [0.1, 0.15) is 5.56 Å². The maximum atomic E-state index is 10.6. The molecule has 0 aliphatic rings. The molecule has 0 aliphatic heterocycles. The predicted octanol–water partition coefficient (Wildman–Crippen LogP) is -1.86. The van der Waals surface area contributed by atoms with Crippen LogP contribution in [0, 0.1) is 6.92 Å². The van der Waals surface area contributed by atoms with Gasteiger partial charge in [0.05, 0.1) is 4.90 Å². The number of benzene rings is 1. The van der Waals surface area contributed by atoms with Crippen LogP contribution in [0.25, 0.3) is 0 Å². The number of halogens is 1. The van der Waals surface area contributed by atoms with Crippen LogP contribution in [-0.2, 0) is 10.1 Å². The predicted molar refractivity (Wildman–Crippen MR) is 48.6 cm³/mol. The van der Waals surface area contributed by atoms with Crippen molar-refractivity contribution < 1.29 is 42.5 Å². The average molecular weight is 244 g/mol. The number of nitrogen functional groups attached to an aromatic ring is 1. The van der Waals surface area contributed by atoms with Gasteiger partial charge in [-0.3, -0.25) is 0 Å². The minimum atomic E-state index is -4.53. The molecule has 0 bridgehead atoms. The Balaban J connectivity index is 0.00000169. The Bertz CT molecular complexity index is 446. The molecule has 7 heteroatoms. The van der Waals surface area contributed by atoms with Gasteiger partial charge in [0.1, 0.15) is 10.1 Å². The number of anilines is 1. The van der Waals surface area contributed by atoms with E-state index in [0.717, 1.165) is 6.07 Å². The van der Waals surface area contributed by atoms with Crippen LogP contribution in [0.2, 0.25) is 5.02 Å². The molecule has 0 aromatic heterocycles. The summed E-state index contributed by atoms with van der Waals surface area (Å²) in [4.78, 5) is -0.469. The first-order chi connectivity index (χ1) is 5.82. The summed E-state index contributed by atoms with van der Waals surface area (Å²) in [6.45, 7) is 1.67. The van der Waals surface area contributed by atoms with Crippen LogP contribution in [0.15, 0.2) is 17.0 Å². The molecule has 0 saturated heterocycles. The van der Waals surface area contributed by atoms with E-state index in [-0.39, 0.29) is 40.3 Å². The van der Waals surface area contributed by atoms with Gasteiger partial charge >= 0.3 is 29.6 Å². The molecule has 72 valence electrons. The summed E-state index contributed by atoms with van der Waals surface area (Å²) in [5.41, 5.74) is 5.90. The van der Waals surface area contributed by atoms with E-state index in [0.29, 0.717) is 5.56 Å². The van der Waals surface area contributed by atoms with Crippen molar-refractivity contribution in [1.82, 2.24) is 0 Å². The van der Waals surface area contributed by atoms with Crippen LogP contribution < -0.4 is 35.3 Å². The Labute approximate surface area is 109 Å². The first kappa shape index (κ1) is 14.2. The topological polar surface area (TPSA) is 83.2 Å². The summed E-state index contributed by atoms with van der Waals surface area (Å²) in [5.74, 6) is 0. The molecule has 2 N–H and O–H groups in total. The molecule has 0 fully saturated rings. The van der Waals surface area contributed by atoms with Gasteiger partial charge in [0.2, 0.25) is 0 Å². The van der Waals surface area contributed by atoms with Crippen LogP contribution >= 0.6 is 11.6 Å². The number of rotatable bonds is 1. The van der Waals surface area contributed by atoms with Gasteiger partial charge in [-0.1, -0.05) is 11.6 Å². The molecule has 1 rings (SSSR count). The number of nitrogens with two attached hydrogens (primary N) is 1. The van der Waals surface area contributed by atoms with E-state index in [1.807, 2.05) is 0 Å². The van der Waals surface area contributed by atoms with Crippen LogP contribution in [0.5, 0.6) is 0 Å². The summed E-state index contributed by atoms with van der Waals surface area (Å²) in [5, 5.41) is 0.212. The van der Waals surface area contributed by atoms with Gasteiger partial charge in [-0.15, -0.1) is 0 Å². The summed E-state index contributed by atoms with van der Waals surface area (Å²) in [6.07, 6.45) is 0. The van der Waals surface area contributed by atoms with Gasteiger partial charge in [0.15, 0.2) is 0 Å². The van der Waals surface area contributed by atoms with Crippen molar-refractivity contribution in [2.45, 2.75) is 11.8 Å². The number of aryl methyl sites for hydroxylation is 1. The first-order valence-electron chi connectivity index (χ1n) is 3.34. The molecule has 4 nitrogen and oxygen atoms in total. The van der Waals surface area contributed by atoms with Crippen molar-refractivity contribution in [3.05, 3.63) is 22.7 Å². The second-order valence-electron chi connectivity index (χ2n) is 2.59. The third-order valence-corrected chi connectivity index (χ3v) is 2.86. The molecule has 1 aromatic carbocycles. The van der Waals surface area contributed by atoms with E-state index in [4.69, 9.17) is 17.3 Å². The summed E-state index contributed by atoms with van der Waals surface area (Å²) >= 11 is 5.63. The van der Waals surface area contributed by atoms with Crippen molar-refractivity contribution >= 4 is 27.4 Å². The minimum Gasteiger partial charge on any atom is -0.744 e. The smallest absolute Gasteiger partial charge is 0.744 e. The molecule has 14 heavy (non-hydrogen) atoms. The zero-order valence-electron chi connectivity index (χ0n) is 7.74. The SMILES string of the molecule is Cc1cc(N)c(S(=O)(=O)[O-])cc1Cl.[Na+]. The molecular weight excluding hydrogens is 237 g/mol. The fraction of sp³-hybridized carbons (Fsp3) is 0.143. The van der Waals surface area contributed by atoms with E-state index < -0.39 is 15.0 Å². The van der Waals surface area contributed by atoms with E-state index in [1.54, 1.807) is 6.92 Å². The quantitative estimate of drug-likeness (QED) is 0.356. The van der Waals surface area contributed by atoms with Gasteiger partial charge < -0.3 is 10.3 Å². The van der Waals surface area contributed by atoms with Gasteiger partial charge in [-0.25, -0.2) is 8.42 Å². The first-order valence-corrected chi connectivity index (χ1v) is 5.12. The fourth-order valence-electron chi connectivity index (χ4n) is 0.902. The largest absolute Gasteiger partial charge is 1.00 e.